The third kappa shape index (κ3) is 7.74. The molecule has 0 aromatic rings. The Labute approximate surface area is 190 Å². The number of nitrogens with two attached hydrogens (primary N) is 2. The molecule has 0 aromatic heterocycles. The molecule has 0 bridgehead atoms. The second-order valence-corrected chi connectivity index (χ2v) is 9.02. The van der Waals surface area contributed by atoms with Crippen LogP contribution in [-0.2, 0) is 19.2 Å². The number of amides is 3. The highest BCUT2D eigenvalue weighted by atomic mass is 16.4. The van der Waals surface area contributed by atoms with Gasteiger partial charge in [-0.25, -0.2) is 4.79 Å². The van der Waals surface area contributed by atoms with Crippen LogP contribution in [0.1, 0.15) is 66.2 Å². The Morgan fingerprint density at radius 2 is 1.75 bits per heavy atom. The molecule has 184 valence electrons. The van der Waals surface area contributed by atoms with Gasteiger partial charge in [0, 0.05) is 6.54 Å². The third-order valence-electron chi connectivity index (χ3n) is 6.15. The summed E-state index contributed by atoms with van der Waals surface area (Å²) in [7, 11) is 0. The minimum atomic E-state index is -1.10. The van der Waals surface area contributed by atoms with Crippen LogP contribution in [0.5, 0.6) is 0 Å². The van der Waals surface area contributed by atoms with Crippen molar-refractivity contribution in [3.63, 3.8) is 0 Å². The van der Waals surface area contributed by atoms with Crippen molar-refractivity contribution in [1.29, 1.82) is 0 Å². The Kier molecular flexibility index (Phi) is 11.6. The van der Waals surface area contributed by atoms with Gasteiger partial charge in [-0.1, -0.05) is 40.5 Å². The molecule has 0 saturated carbocycles. The summed E-state index contributed by atoms with van der Waals surface area (Å²) < 4.78 is 0. The maximum atomic E-state index is 13.3. The van der Waals surface area contributed by atoms with Crippen LogP contribution in [-0.4, -0.2) is 71.0 Å². The number of likely N-dealkylation sites (tertiary alicyclic amines) is 1. The monoisotopic (exact) mass is 455 g/mol. The second kappa shape index (κ2) is 13.4. The van der Waals surface area contributed by atoms with Gasteiger partial charge < -0.3 is 32.1 Å². The van der Waals surface area contributed by atoms with E-state index < -0.39 is 42.0 Å². The van der Waals surface area contributed by atoms with Crippen LogP contribution in [0.2, 0.25) is 0 Å². The number of carbonyl (C=O) groups is 4. The highest BCUT2D eigenvalue weighted by Crippen LogP contribution is 2.21. The van der Waals surface area contributed by atoms with E-state index in [0.29, 0.717) is 38.8 Å². The van der Waals surface area contributed by atoms with Crippen LogP contribution in [0.4, 0.5) is 0 Å². The van der Waals surface area contributed by atoms with Crippen molar-refractivity contribution >= 4 is 23.7 Å². The quantitative estimate of drug-likeness (QED) is 0.247. The van der Waals surface area contributed by atoms with Gasteiger partial charge in [-0.2, -0.15) is 0 Å². The second-order valence-electron chi connectivity index (χ2n) is 9.02. The SMILES string of the molecule is CCC(C)C(NC(=O)C1CCCN1C(=O)C(NC(=O)C(N)CCCCN)C(C)C)C(=O)O. The van der Waals surface area contributed by atoms with E-state index in [2.05, 4.69) is 10.6 Å². The molecule has 3 amide bonds. The number of nitrogens with zero attached hydrogens (tertiary/aromatic N) is 1. The molecule has 32 heavy (non-hydrogen) atoms. The highest BCUT2D eigenvalue weighted by molar-refractivity contribution is 5.94. The van der Waals surface area contributed by atoms with Gasteiger partial charge in [0.25, 0.3) is 0 Å². The van der Waals surface area contributed by atoms with Crippen molar-refractivity contribution in [2.45, 2.75) is 90.4 Å². The predicted molar refractivity (Wildman–Crippen MR) is 121 cm³/mol. The predicted octanol–water partition coefficient (Wildman–Crippen LogP) is 0.190. The molecule has 1 aliphatic heterocycles. The molecule has 7 N–H and O–H groups in total. The van der Waals surface area contributed by atoms with E-state index >= 15 is 0 Å². The zero-order valence-electron chi connectivity index (χ0n) is 19.8. The Balaban J connectivity index is 2.88. The van der Waals surface area contributed by atoms with Gasteiger partial charge in [-0.15, -0.1) is 0 Å². The van der Waals surface area contributed by atoms with Gasteiger partial charge >= 0.3 is 5.97 Å². The van der Waals surface area contributed by atoms with Gasteiger partial charge in [0.2, 0.25) is 17.7 Å². The largest absolute Gasteiger partial charge is 0.480 e. The fourth-order valence-corrected chi connectivity index (χ4v) is 3.83. The lowest BCUT2D eigenvalue weighted by molar-refractivity contribution is -0.146. The van der Waals surface area contributed by atoms with E-state index in [1.165, 1.54) is 4.90 Å². The van der Waals surface area contributed by atoms with Crippen LogP contribution in [0.3, 0.4) is 0 Å². The normalized spacial score (nSPS) is 19.8. The smallest absolute Gasteiger partial charge is 0.326 e. The van der Waals surface area contributed by atoms with Crippen molar-refractivity contribution < 1.29 is 24.3 Å². The first-order valence-electron chi connectivity index (χ1n) is 11.6. The van der Waals surface area contributed by atoms with Gasteiger partial charge in [0.05, 0.1) is 6.04 Å². The molecule has 0 aliphatic carbocycles. The minimum absolute atomic E-state index is 0.209. The van der Waals surface area contributed by atoms with E-state index in [0.717, 1.165) is 12.8 Å². The zero-order valence-corrected chi connectivity index (χ0v) is 19.8. The molecule has 5 atom stereocenters. The van der Waals surface area contributed by atoms with Crippen LogP contribution >= 0.6 is 0 Å². The molecule has 1 aliphatic rings. The Bertz CT molecular complexity index is 657. The molecule has 10 heteroatoms. The van der Waals surface area contributed by atoms with Gasteiger partial charge in [0.15, 0.2) is 0 Å². The molecule has 10 nitrogen and oxygen atoms in total. The zero-order chi connectivity index (χ0) is 24.4. The summed E-state index contributed by atoms with van der Waals surface area (Å²) in [6, 6.07) is -3.33. The van der Waals surface area contributed by atoms with Crippen LogP contribution < -0.4 is 22.1 Å². The van der Waals surface area contributed by atoms with E-state index in [1.807, 2.05) is 20.8 Å². The van der Waals surface area contributed by atoms with Crippen LogP contribution in [0.25, 0.3) is 0 Å². The first-order chi connectivity index (χ1) is 15.0. The van der Waals surface area contributed by atoms with E-state index in [9.17, 15) is 24.3 Å². The summed E-state index contributed by atoms with van der Waals surface area (Å²) in [6.45, 7) is 8.15. The fraction of sp³-hybridized carbons (Fsp3) is 0.818. The number of carboxylic acids is 1. The maximum Gasteiger partial charge on any atom is 0.326 e. The summed E-state index contributed by atoms with van der Waals surface area (Å²) in [4.78, 5) is 51.7. The minimum Gasteiger partial charge on any atom is -0.480 e. The van der Waals surface area contributed by atoms with Crippen LogP contribution in [0.15, 0.2) is 0 Å². The van der Waals surface area contributed by atoms with Crippen molar-refractivity contribution in [1.82, 2.24) is 15.5 Å². The molecule has 0 spiro atoms. The molecular weight excluding hydrogens is 414 g/mol. The topological polar surface area (TPSA) is 168 Å². The van der Waals surface area contributed by atoms with Gasteiger partial charge in [-0.3, -0.25) is 14.4 Å². The highest BCUT2D eigenvalue weighted by Gasteiger charge is 2.40. The molecule has 0 radical (unpaired) electrons. The Hall–Kier alpha value is -2.20. The van der Waals surface area contributed by atoms with Crippen LogP contribution in [0, 0.1) is 11.8 Å². The fourth-order valence-electron chi connectivity index (χ4n) is 3.83. The average Bonchev–Trinajstić information content (AvgIpc) is 3.24. The van der Waals surface area contributed by atoms with Gasteiger partial charge in [0.1, 0.15) is 18.1 Å². The summed E-state index contributed by atoms with van der Waals surface area (Å²) in [6.07, 6.45) is 3.64. The van der Waals surface area contributed by atoms with Crippen molar-refractivity contribution in [3.8, 4) is 0 Å². The lowest BCUT2D eigenvalue weighted by Crippen LogP contribution is -2.58. The lowest BCUT2D eigenvalue weighted by atomic mass is 9.98. The first-order valence-corrected chi connectivity index (χ1v) is 11.6. The molecule has 1 heterocycles. The summed E-state index contributed by atoms with van der Waals surface area (Å²) >= 11 is 0. The maximum absolute atomic E-state index is 13.3. The number of rotatable bonds is 13. The summed E-state index contributed by atoms with van der Waals surface area (Å²) in [5.74, 6) is -2.78. The van der Waals surface area contributed by atoms with E-state index in [1.54, 1.807) is 6.92 Å². The summed E-state index contributed by atoms with van der Waals surface area (Å²) in [5.41, 5.74) is 11.4. The standard InChI is InChI=1S/C22H41N5O5/c1-5-14(4)18(22(31)32)26-20(29)16-10-8-12-27(16)21(30)17(13(2)3)25-19(28)15(24)9-6-7-11-23/h13-18H,5-12,23-24H2,1-4H3,(H,25,28)(H,26,29)(H,31,32). The number of nitrogens with one attached hydrogen (secondary N) is 2. The number of carbonyl (C=O) groups excluding carboxylic acids is 3. The first kappa shape index (κ1) is 27.8. The number of aliphatic carboxylic acids is 1. The number of carboxylic acid groups (broad SMARTS) is 1. The number of unbranched alkanes of at least 4 members (excludes halogenated alkanes) is 1. The van der Waals surface area contributed by atoms with Gasteiger partial charge in [-0.05, 0) is 44.1 Å². The molecule has 1 saturated heterocycles. The van der Waals surface area contributed by atoms with Crippen molar-refractivity contribution in [3.05, 3.63) is 0 Å². The number of hydrogen-bond donors (Lipinski definition) is 5. The van der Waals surface area contributed by atoms with E-state index in [4.69, 9.17) is 11.5 Å². The number of hydrogen-bond acceptors (Lipinski definition) is 6. The third-order valence-corrected chi connectivity index (χ3v) is 6.15. The lowest BCUT2D eigenvalue weighted by Gasteiger charge is -2.32. The Morgan fingerprint density at radius 1 is 1.09 bits per heavy atom. The Morgan fingerprint density at radius 3 is 2.28 bits per heavy atom. The molecule has 1 rings (SSSR count). The molecule has 5 unspecified atom stereocenters. The molecule has 0 aromatic carbocycles. The van der Waals surface area contributed by atoms with E-state index in [-0.39, 0.29) is 17.7 Å². The summed E-state index contributed by atoms with van der Waals surface area (Å²) in [5, 5.41) is 14.8. The van der Waals surface area contributed by atoms with Crippen molar-refractivity contribution in [2.24, 2.45) is 23.3 Å². The molecular formula is C22H41N5O5. The average molecular weight is 456 g/mol. The van der Waals surface area contributed by atoms with Crippen molar-refractivity contribution in [2.75, 3.05) is 13.1 Å². The molecule has 1 fully saturated rings.